The van der Waals surface area contributed by atoms with Crippen LogP contribution in [0.4, 0.5) is 4.79 Å². The molecule has 0 spiro atoms. The van der Waals surface area contributed by atoms with Crippen LogP contribution in [0.1, 0.15) is 0 Å². The van der Waals surface area contributed by atoms with E-state index in [1.807, 2.05) is 0 Å². The molecule has 0 radical (unpaired) electrons. The number of carbonyl (C=O) groups is 1. The minimum Gasteiger partial charge on any atom is -0.465 e. The fraction of sp³-hybridized carbons (Fsp3) is 0. The summed E-state index contributed by atoms with van der Waals surface area (Å²) in [5.41, 5.74) is 4.03. The van der Waals surface area contributed by atoms with Crippen molar-refractivity contribution >= 4 is 6.09 Å². The summed E-state index contributed by atoms with van der Waals surface area (Å²) in [6, 6.07) is 0. The summed E-state index contributed by atoms with van der Waals surface area (Å²) in [5, 5.41) is 13.7. The SMILES string of the molecule is NC(=O)O.NO. The molecule has 38 valence electrons. The second-order valence-electron chi connectivity index (χ2n) is 0.338. The predicted molar refractivity (Wildman–Crippen MR) is 18.2 cm³/mol. The van der Waals surface area contributed by atoms with E-state index in [-0.39, 0.29) is 0 Å². The second kappa shape index (κ2) is 8.89. The van der Waals surface area contributed by atoms with Crippen LogP contribution in [0.5, 0.6) is 0 Å². The lowest BCUT2D eigenvalue weighted by atomic mass is 11.3. The van der Waals surface area contributed by atoms with Gasteiger partial charge in [-0.25, -0.2) is 10.7 Å². The van der Waals surface area contributed by atoms with E-state index in [1.165, 1.54) is 0 Å². The average Bonchev–Trinajstić information content (AvgIpc) is 1.41. The van der Waals surface area contributed by atoms with E-state index in [0.29, 0.717) is 0 Å². The molecule has 6 N–H and O–H groups in total. The van der Waals surface area contributed by atoms with Gasteiger partial charge in [-0.15, -0.1) is 0 Å². The monoisotopic (exact) mass is 94.0 g/mol. The minimum atomic E-state index is -1.33. The molecule has 0 aliphatic heterocycles. The van der Waals surface area contributed by atoms with Crippen molar-refractivity contribution in [3.05, 3.63) is 0 Å². The number of primary amides is 1. The van der Waals surface area contributed by atoms with Gasteiger partial charge in [0, 0.05) is 0 Å². The highest BCUT2D eigenvalue weighted by atomic mass is 16.4. The highest BCUT2D eigenvalue weighted by Crippen LogP contribution is 1.34. The number of hydrogen-bond acceptors (Lipinski definition) is 3. The van der Waals surface area contributed by atoms with Crippen LogP contribution in [0.15, 0.2) is 0 Å². The van der Waals surface area contributed by atoms with Gasteiger partial charge in [-0.05, 0) is 0 Å². The highest BCUT2D eigenvalue weighted by Gasteiger charge is 1.65. The normalized spacial score (nSPS) is 5.00. The van der Waals surface area contributed by atoms with E-state index in [4.69, 9.17) is 15.1 Å². The number of amides is 1. The molecule has 0 heterocycles. The quantitative estimate of drug-likeness (QED) is 0.287. The summed E-state index contributed by atoms with van der Waals surface area (Å²) in [7, 11) is 0. The molecular formula is CH6N2O3. The Bertz CT molecular complexity index is 31.8. The van der Waals surface area contributed by atoms with E-state index < -0.39 is 6.09 Å². The first-order valence-electron chi connectivity index (χ1n) is 0.975. The van der Waals surface area contributed by atoms with Crippen LogP contribution in [0, 0.1) is 0 Å². The molecule has 0 unspecified atom stereocenters. The van der Waals surface area contributed by atoms with Gasteiger partial charge in [0.2, 0.25) is 0 Å². The molecule has 1 amide bonds. The first kappa shape index (κ1) is 8.95. The van der Waals surface area contributed by atoms with Gasteiger partial charge >= 0.3 is 6.09 Å². The Hall–Kier alpha value is -0.810. The van der Waals surface area contributed by atoms with Gasteiger partial charge in [0.1, 0.15) is 0 Å². The van der Waals surface area contributed by atoms with E-state index in [2.05, 4.69) is 11.6 Å². The van der Waals surface area contributed by atoms with Crippen molar-refractivity contribution in [3.63, 3.8) is 0 Å². The van der Waals surface area contributed by atoms with E-state index >= 15 is 0 Å². The van der Waals surface area contributed by atoms with Crippen molar-refractivity contribution in [3.8, 4) is 0 Å². The zero-order valence-corrected chi connectivity index (χ0v) is 2.96. The number of rotatable bonds is 0. The highest BCUT2D eigenvalue weighted by molar-refractivity contribution is 5.61. The molecule has 5 nitrogen and oxygen atoms in total. The van der Waals surface area contributed by atoms with Gasteiger partial charge in [0.15, 0.2) is 0 Å². The fourth-order valence-electron chi connectivity index (χ4n) is 0. The third-order valence-electron chi connectivity index (χ3n) is 0. The van der Waals surface area contributed by atoms with Gasteiger partial charge < -0.3 is 16.0 Å². The Balaban J connectivity index is 0. The maximum absolute atomic E-state index is 8.78. The van der Waals surface area contributed by atoms with Gasteiger partial charge in [-0.3, -0.25) is 0 Å². The minimum absolute atomic E-state index is 1.33. The maximum Gasteiger partial charge on any atom is 0.402 e. The number of hydrogen-bond donors (Lipinski definition) is 4. The lowest BCUT2D eigenvalue weighted by Gasteiger charge is -1.61. The Morgan fingerprint density at radius 3 is 1.50 bits per heavy atom. The molecule has 0 saturated carbocycles. The third kappa shape index (κ3) is 23.3. The molecule has 5 heteroatoms. The predicted octanol–water partition coefficient (Wildman–Crippen LogP) is -1.04. The number of nitrogens with two attached hydrogens (primary N) is 2. The zero-order chi connectivity index (χ0) is 5.58. The van der Waals surface area contributed by atoms with Gasteiger partial charge in [-0.2, -0.15) is 0 Å². The van der Waals surface area contributed by atoms with Crippen molar-refractivity contribution in [2.75, 3.05) is 0 Å². The maximum atomic E-state index is 8.78. The lowest BCUT2D eigenvalue weighted by Crippen LogP contribution is -2.03. The summed E-state index contributed by atoms with van der Waals surface area (Å²) in [6.45, 7) is 0. The van der Waals surface area contributed by atoms with Crippen molar-refractivity contribution in [1.29, 1.82) is 0 Å². The molecule has 0 aliphatic carbocycles. The van der Waals surface area contributed by atoms with Crippen molar-refractivity contribution in [1.82, 2.24) is 0 Å². The van der Waals surface area contributed by atoms with Crippen molar-refractivity contribution < 1.29 is 15.1 Å². The zero-order valence-electron chi connectivity index (χ0n) is 2.96. The lowest BCUT2D eigenvalue weighted by molar-refractivity contribution is 0.205. The standard InChI is InChI=1S/CH3NO2.H3NO/c2-1(3)4;1-2/h2H2,(H,3,4);2H,1H2. The van der Waals surface area contributed by atoms with Gasteiger partial charge in [0.05, 0.1) is 0 Å². The largest absolute Gasteiger partial charge is 0.465 e. The van der Waals surface area contributed by atoms with E-state index in [9.17, 15) is 0 Å². The Labute approximate surface area is 34.1 Å². The summed E-state index contributed by atoms with van der Waals surface area (Å²) < 4.78 is 0. The van der Waals surface area contributed by atoms with Crippen LogP contribution in [0.3, 0.4) is 0 Å². The summed E-state index contributed by atoms with van der Waals surface area (Å²) in [5.74, 6) is 3.50. The Morgan fingerprint density at radius 1 is 1.50 bits per heavy atom. The molecule has 0 aromatic rings. The van der Waals surface area contributed by atoms with Crippen LogP contribution < -0.4 is 11.6 Å². The molecule has 0 saturated heterocycles. The Morgan fingerprint density at radius 2 is 1.50 bits per heavy atom. The Kier molecular flexibility index (Phi) is 13.3. The summed E-state index contributed by atoms with van der Waals surface area (Å²) in [4.78, 5) is 8.78. The molecule has 0 fully saturated rings. The molecule has 0 atom stereocenters. The molecule has 0 aromatic heterocycles. The van der Waals surface area contributed by atoms with Crippen LogP contribution in [-0.4, -0.2) is 16.4 Å². The molecular weight excluding hydrogens is 88.0 g/mol. The fourth-order valence-corrected chi connectivity index (χ4v) is 0. The second-order valence-corrected chi connectivity index (χ2v) is 0.338. The van der Waals surface area contributed by atoms with Gasteiger partial charge in [-0.1, -0.05) is 0 Å². The van der Waals surface area contributed by atoms with E-state index in [1.54, 1.807) is 0 Å². The van der Waals surface area contributed by atoms with E-state index in [0.717, 1.165) is 0 Å². The number of carboxylic acid groups (broad SMARTS) is 1. The van der Waals surface area contributed by atoms with Crippen LogP contribution in [0.25, 0.3) is 0 Å². The molecule has 6 heavy (non-hydrogen) atoms. The van der Waals surface area contributed by atoms with Crippen LogP contribution in [0.2, 0.25) is 0 Å². The van der Waals surface area contributed by atoms with Crippen molar-refractivity contribution in [2.24, 2.45) is 11.6 Å². The van der Waals surface area contributed by atoms with Crippen LogP contribution in [-0.2, 0) is 0 Å². The summed E-state index contributed by atoms with van der Waals surface area (Å²) >= 11 is 0. The summed E-state index contributed by atoms with van der Waals surface area (Å²) in [6.07, 6.45) is -1.33. The first-order valence-corrected chi connectivity index (χ1v) is 0.975. The molecule has 0 bridgehead atoms. The topological polar surface area (TPSA) is 110 Å². The van der Waals surface area contributed by atoms with Crippen LogP contribution >= 0.6 is 0 Å². The molecule has 0 aliphatic rings. The molecule has 0 rings (SSSR count). The smallest absolute Gasteiger partial charge is 0.402 e. The first-order chi connectivity index (χ1) is 2.73. The average molecular weight is 94.1 g/mol. The third-order valence-corrected chi connectivity index (χ3v) is 0. The molecule has 0 aromatic carbocycles. The van der Waals surface area contributed by atoms with Gasteiger partial charge in [0.25, 0.3) is 0 Å². The van der Waals surface area contributed by atoms with Crippen molar-refractivity contribution in [2.45, 2.75) is 0 Å².